The molecule has 1 aliphatic heterocycles. The van der Waals surface area contributed by atoms with Crippen LogP contribution in [0.3, 0.4) is 0 Å². The number of sulfonamides is 1. The van der Waals surface area contributed by atoms with E-state index in [2.05, 4.69) is 13.8 Å². The highest BCUT2D eigenvalue weighted by atomic mass is 32.2. The van der Waals surface area contributed by atoms with E-state index in [0.717, 1.165) is 26.1 Å². The maximum absolute atomic E-state index is 11.6. The summed E-state index contributed by atoms with van der Waals surface area (Å²) in [6, 6.07) is 0. The number of rotatable bonds is 9. The average molecular weight is 337 g/mol. The Morgan fingerprint density at radius 3 is 2.32 bits per heavy atom. The predicted molar refractivity (Wildman–Crippen MR) is 86.4 cm³/mol. The Kier molecular flexibility index (Phi) is 8.27. The van der Waals surface area contributed by atoms with Crippen LogP contribution in [0.15, 0.2) is 0 Å². The molecule has 2 atom stereocenters. The van der Waals surface area contributed by atoms with Crippen molar-refractivity contribution in [2.24, 2.45) is 5.92 Å². The third-order valence-electron chi connectivity index (χ3n) is 4.06. The second-order valence-corrected chi connectivity index (χ2v) is 8.49. The predicted octanol–water partition coefficient (Wildman–Crippen LogP) is 1.50. The molecule has 1 rings (SSSR count). The molecule has 1 saturated heterocycles. The highest BCUT2D eigenvalue weighted by molar-refractivity contribution is 7.88. The molecular weight excluding hydrogens is 306 g/mol. The van der Waals surface area contributed by atoms with Crippen LogP contribution in [0.5, 0.6) is 0 Å². The van der Waals surface area contributed by atoms with Gasteiger partial charge in [0.05, 0.1) is 31.2 Å². The summed E-state index contributed by atoms with van der Waals surface area (Å²) >= 11 is 0. The van der Waals surface area contributed by atoms with Crippen molar-refractivity contribution in [2.75, 3.05) is 39.7 Å². The zero-order chi connectivity index (χ0) is 16.8. The molecule has 0 radical (unpaired) electrons. The van der Waals surface area contributed by atoms with Crippen molar-refractivity contribution in [3.8, 4) is 0 Å². The molecule has 0 N–H and O–H groups in total. The molecular formula is C15H31NO5S. The van der Waals surface area contributed by atoms with E-state index >= 15 is 0 Å². The molecule has 0 aliphatic carbocycles. The number of hydrogen-bond acceptors (Lipinski definition) is 5. The summed E-state index contributed by atoms with van der Waals surface area (Å²) in [5.74, 6) is 0.370. The molecule has 2 unspecified atom stereocenters. The van der Waals surface area contributed by atoms with Gasteiger partial charge in [0.2, 0.25) is 10.0 Å². The second-order valence-electron chi connectivity index (χ2n) is 6.40. The maximum Gasteiger partial charge on any atom is 0.211 e. The molecule has 0 aromatic carbocycles. The van der Waals surface area contributed by atoms with E-state index in [1.165, 1.54) is 10.6 Å². The van der Waals surface area contributed by atoms with Crippen molar-refractivity contribution in [2.45, 2.75) is 51.9 Å². The Bertz CT molecular complexity index is 406. The van der Waals surface area contributed by atoms with Gasteiger partial charge in [-0.15, -0.1) is 0 Å². The van der Waals surface area contributed by atoms with Gasteiger partial charge in [-0.05, 0) is 25.7 Å². The lowest BCUT2D eigenvalue weighted by Crippen LogP contribution is -2.40. The minimum Gasteiger partial charge on any atom is -0.381 e. The molecule has 22 heavy (non-hydrogen) atoms. The van der Waals surface area contributed by atoms with Gasteiger partial charge < -0.3 is 14.2 Å². The maximum atomic E-state index is 11.6. The number of hydrogen-bond donors (Lipinski definition) is 0. The van der Waals surface area contributed by atoms with Crippen LogP contribution in [0.25, 0.3) is 0 Å². The minimum atomic E-state index is -3.22. The van der Waals surface area contributed by atoms with E-state index in [1.807, 2.05) is 6.92 Å². The highest BCUT2D eigenvalue weighted by Crippen LogP contribution is 2.15. The zero-order valence-electron chi connectivity index (χ0n) is 14.4. The van der Waals surface area contributed by atoms with Crippen LogP contribution >= 0.6 is 0 Å². The van der Waals surface area contributed by atoms with E-state index < -0.39 is 10.0 Å². The highest BCUT2D eigenvalue weighted by Gasteiger charge is 2.23. The van der Waals surface area contributed by atoms with Crippen LogP contribution in [-0.2, 0) is 24.2 Å². The summed E-state index contributed by atoms with van der Waals surface area (Å²) in [7, 11) is -1.65. The number of likely N-dealkylation sites (N-methyl/N-ethyl adjacent to an activating group) is 1. The van der Waals surface area contributed by atoms with Crippen molar-refractivity contribution < 1.29 is 22.6 Å². The van der Waals surface area contributed by atoms with E-state index in [4.69, 9.17) is 14.2 Å². The quantitative estimate of drug-likeness (QED) is 0.638. The fraction of sp³-hybridized carbons (Fsp3) is 1.00. The number of ether oxygens (including phenoxy) is 3. The van der Waals surface area contributed by atoms with Crippen LogP contribution in [0.4, 0.5) is 0 Å². The van der Waals surface area contributed by atoms with Crippen molar-refractivity contribution in [3.63, 3.8) is 0 Å². The molecule has 0 amide bonds. The molecule has 1 aliphatic rings. The Morgan fingerprint density at radius 2 is 1.82 bits per heavy atom. The van der Waals surface area contributed by atoms with Crippen LogP contribution in [0.1, 0.15) is 33.6 Å². The largest absolute Gasteiger partial charge is 0.381 e. The van der Waals surface area contributed by atoms with E-state index in [0.29, 0.717) is 19.1 Å². The monoisotopic (exact) mass is 337 g/mol. The second kappa shape index (κ2) is 9.17. The van der Waals surface area contributed by atoms with Gasteiger partial charge in [0.1, 0.15) is 0 Å². The third-order valence-corrected chi connectivity index (χ3v) is 5.34. The molecule has 1 heterocycles. The van der Waals surface area contributed by atoms with Crippen molar-refractivity contribution in [3.05, 3.63) is 0 Å². The van der Waals surface area contributed by atoms with Crippen molar-refractivity contribution in [1.82, 2.24) is 4.31 Å². The van der Waals surface area contributed by atoms with Crippen LogP contribution < -0.4 is 0 Å². The first kappa shape index (κ1) is 19.8. The lowest BCUT2D eigenvalue weighted by atomic mass is 10.1. The Labute approximate surface area is 135 Å². The molecule has 0 aromatic rings. The van der Waals surface area contributed by atoms with E-state index in [1.54, 1.807) is 7.05 Å². The Balaban J connectivity index is 2.56. The van der Waals surface area contributed by atoms with E-state index in [-0.39, 0.29) is 18.3 Å². The van der Waals surface area contributed by atoms with Crippen molar-refractivity contribution in [1.29, 1.82) is 0 Å². The fourth-order valence-electron chi connectivity index (χ4n) is 2.10. The summed E-state index contributed by atoms with van der Waals surface area (Å²) in [5.41, 5.74) is 0. The third kappa shape index (κ3) is 7.37. The molecule has 1 fully saturated rings. The lowest BCUT2D eigenvalue weighted by molar-refractivity contribution is -0.102. The molecule has 6 nitrogen and oxygen atoms in total. The first-order valence-electron chi connectivity index (χ1n) is 7.96. The Morgan fingerprint density at radius 1 is 1.23 bits per heavy atom. The molecule has 7 heteroatoms. The first-order valence-corrected chi connectivity index (χ1v) is 9.81. The normalized spacial score (nSPS) is 20.5. The standard InChI is InChI=1S/C15H31NO5S/c1-12(2)13(3)21-15(10-16(4)22(5,17)18)11-20-14-6-8-19-9-7-14/h12-15H,6-11H2,1-5H3. The van der Waals surface area contributed by atoms with Crippen LogP contribution in [0.2, 0.25) is 0 Å². The van der Waals surface area contributed by atoms with Crippen molar-refractivity contribution >= 4 is 10.0 Å². The summed E-state index contributed by atoms with van der Waals surface area (Å²) in [5, 5.41) is 0. The lowest BCUT2D eigenvalue weighted by Gasteiger charge is -2.30. The fourth-order valence-corrected chi connectivity index (χ4v) is 2.54. The molecule has 0 aromatic heterocycles. The van der Waals surface area contributed by atoms with Gasteiger partial charge in [-0.1, -0.05) is 13.8 Å². The number of nitrogens with zero attached hydrogens (tertiary/aromatic N) is 1. The van der Waals surface area contributed by atoms with Gasteiger partial charge in [0, 0.05) is 26.8 Å². The van der Waals surface area contributed by atoms with E-state index in [9.17, 15) is 8.42 Å². The van der Waals surface area contributed by atoms with Crippen LogP contribution in [0, 0.1) is 5.92 Å². The zero-order valence-corrected chi connectivity index (χ0v) is 15.3. The van der Waals surface area contributed by atoms with Gasteiger partial charge in [-0.2, -0.15) is 0 Å². The molecule has 0 bridgehead atoms. The molecule has 132 valence electrons. The smallest absolute Gasteiger partial charge is 0.211 e. The minimum absolute atomic E-state index is 0.0521. The van der Waals surface area contributed by atoms with Gasteiger partial charge in [-0.3, -0.25) is 0 Å². The average Bonchev–Trinajstić information content (AvgIpc) is 2.44. The molecule has 0 saturated carbocycles. The SMILES string of the molecule is CC(C)C(C)OC(COC1CCOCC1)CN(C)S(C)(=O)=O. The van der Waals surface area contributed by atoms with Gasteiger partial charge >= 0.3 is 0 Å². The summed E-state index contributed by atoms with van der Waals surface area (Å²) in [6.45, 7) is 8.33. The van der Waals surface area contributed by atoms with Crippen LogP contribution in [-0.4, -0.2) is 70.7 Å². The topological polar surface area (TPSA) is 65.1 Å². The first-order chi connectivity index (χ1) is 10.2. The van der Waals surface area contributed by atoms with Gasteiger partial charge in [-0.25, -0.2) is 12.7 Å². The van der Waals surface area contributed by atoms with Gasteiger partial charge in [0.15, 0.2) is 0 Å². The summed E-state index contributed by atoms with van der Waals surface area (Å²) in [4.78, 5) is 0. The summed E-state index contributed by atoms with van der Waals surface area (Å²) < 4.78 is 41.8. The molecule has 0 spiro atoms. The Hall–Kier alpha value is -0.210. The summed E-state index contributed by atoms with van der Waals surface area (Å²) in [6.07, 6.45) is 2.94. The van der Waals surface area contributed by atoms with Gasteiger partial charge in [0.25, 0.3) is 0 Å².